The molecule has 0 aliphatic carbocycles. The van der Waals surface area contributed by atoms with Crippen molar-refractivity contribution in [1.29, 1.82) is 0 Å². The molecule has 0 aliphatic heterocycles. The molecular formula is C10H23NO2. The monoisotopic (exact) mass is 189 g/mol. The van der Waals surface area contributed by atoms with Crippen LogP contribution >= 0.6 is 0 Å². The molecule has 0 fully saturated rings. The van der Waals surface area contributed by atoms with Crippen molar-refractivity contribution in [2.45, 2.75) is 53.2 Å². The van der Waals surface area contributed by atoms with Crippen molar-refractivity contribution in [3.63, 3.8) is 0 Å². The van der Waals surface area contributed by atoms with Crippen LogP contribution in [0, 0.1) is 0 Å². The zero-order valence-electron chi connectivity index (χ0n) is 9.68. The predicted molar refractivity (Wildman–Crippen MR) is 56.1 cm³/mol. The smallest absolute Gasteiger partial charge is 0.140 e. The van der Waals surface area contributed by atoms with E-state index in [1.54, 1.807) is 13.8 Å². The zero-order valence-corrected chi connectivity index (χ0v) is 9.68. The van der Waals surface area contributed by atoms with Gasteiger partial charge in [-0.15, -0.1) is 0 Å². The van der Waals surface area contributed by atoms with E-state index in [0.717, 1.165) is 0 Å². The van der Waals surface area contributed by atoms with Crippen LogP contribution in [0.3, 0.4) is 0 Å². The van der Waals surface area contributed by atoms with Crippen LogP contribution in [-0.2, 0) is 9.57 Å². The molecule has 3 nitrogen and oxygen atoms in total. The van der Waals surface area contributed by atoms with Gasteiger partial charge in [0.1, 0.15) is 11.4 Å². The van der Waals surface area contributed by atoms with Gasteiger partial charge < -0.3 is 4.74 Å². The molecule has 0 saturated carbocycles. The Balaban J connectivity index is 0. The van der Waals surface area contributed by atoms with Crippen molar-refractivity contribution in [1.82, 2.24) is 0 Å². The third-order valence-electron chi connectivity index (χ3n) is 1.34. The molecule has 13 heavy (non-hydrogen) atoms. The van der Waals surface area contributed by atoms with Crippen LogP contribution < -0.4 is 5.90 Å². The van der Waals surface area contributed by atoms with Crippen molar-refractivity contribution in [3.05, 3.63) is 12.3 Å². The first kappa shape index (κ1) is 15.0. The van der Waals surface area contributed by atoms with Gasteiger partial charge in [-0.25, -0.2) is 5.90 Å². The summed E-state index contributed by atoms with van der Waals surface area (Å²) in [5.74, 6) is 5.59. The maximum absolute atomic E-state index is 5.31. The first-order valence-corrected chi connectivity index (χ1v) is 4.64. The molecule has 0 rings (SSSR count). The van der Waals surface area contributed by atoms with Crippen LogP contribution in [0.25, 0.3) is 0 Å². The SMILES string of the molecule is C=C(OC(C)C)C(C)(C)ON.CC. The summed E-state index contributed by atoms with van der Waals surface area (Å²) in [6.07, 6.45) is 0.108. The minimum Gasteiger partial charge on any atom is -0.493 e. The van der Waals surface area contributed by atoms with E-state index in [0.29, 0.717) is 5.76 Å². The van der Waals surface area contributed by atoms with Crippen LogP contribution in [0.15, 0.2) is 12.3 Å². The Kier molecular flexibility index (Phi) is 7.96. The number of ether oxygens (including phenoxy) is 1. The Bertz CT molecular complexity index is 142. The fourth-order valence-corrected chi connectivity index (χ4v) is 0.492. The molecule has 0 spiro atoms. The van der Waals surface area contributed by atoms with Crippen molar-refractivity contribution in [2.24, 2.45) is 5.90 Å². The molecule has 0 unspecified atom stereocenters. The van der Waals surface area contributed by atoms with Gasteiger partial charge in [0.2, 0.25) is 0 Å². The third kappa shape index (κ3) is 6.61. The number of hydrogen-bond acceptors (Lipinski definition) is 3. The van der Waals surface area contributed by atoms with E-state index in [-0.39, 0.29) is 6.10 Å². The molecule has 0 atom stereocenters. The van der Waals surface area contributed by atoms with Gasteiger partial charge in [-0.2, -0.15) is 0 Å². The quantitative estimate of drug-likeness (QED) is 0.546. The molecule has 0 saturated heterocycles. The van der Waals surface area contributed by atoms with E-state index < -0.39 is 5.60 Å². The summed E-state index contributed by atoms with van der Waals surface area (Å²) in [4.78, 5) is 4.68. The second kappa shape index (κ2) is 6.92. The van der Waals surface area contributed by atoms with Crippen molar-refractivity contribution in [2.75, 3.05) is 0 Å². The second-order valence-corrected chi connectivity index (χ2v) is 3.22. The summed E-state index contributed by atoms with van der Waals surface area (Å²) in [7, 11) is 0. The van der Waals surface area contributed by atoms with Crippen molar-refractivity contribution >= 4 is 0 Å². The summed E-state index contributed by atoms with van der Waals surface area (Å²) in [6, 6.07) is 0. The van der Waals surface area contributed by atoms with Gasteiger partial charge in [0.15, 0.2) is 0 Å². The van der Waals surface area contributed by atoms with E-state index >= 15 is 0 Å². The van der Waals surface area contributed by atoms with Crippen LogP contribution in [-0.4, -0.2) is 11.7 Å². The predicted octanol–water partition coefficient (Wildman–Crippen LogP) is 2.62. The van der Waals surface area contributed by atoms with E-state index in [1.165, 1.54) is 0 Å². The molecule has 0 aromatic carbocycles. The van der Waals surface area contributed by atoms with Crippen molar-refractivity contribution in [3.8, 4) is 0 Å². The highest BCUT2D eigenvalue weighted by Crippen LogP contribution is 2.19. The first-order valence-electron chi connectivity index (χ1n) is 4.64. The first-order chi connectivity index (χ1) is 5.90. The fraction of sp³-hybridized carbons (Fsp3) is 0.800. The largest absolute Gasteiger partial charge is 0.493 e. The van der Waals surface area contributed by atoms with Crippen LogP contribution in [0.4, 0.5) is 0 Å². The maximum atomic E-state index is 5.31. The highest BCUT2D eigenvalue weighted by Gasteiger charge is 2.23. The minimum absolute atomic E-state index is 0.108. The van der Waals surface area contributed by atoms with Gasteiger partial charge >= 0.3 is 0 Å². The van der Waals surface area contributed by atoms with E-state index in [4.69, 9.17) is 10.6 Å². The molecule has 80 valence electrons. The highest BCUT2D eigenvalue weighted by molar-refractivity contribution is 5.00. The number of hydrogen-bond donors (Lipinski definition) is 1. The maximum Gasteiger partial charge on any atom is 0.140 e. The van der Waals surface area contributed by atoms with Gasteiger partial charge in [-0.3, -0.25) is 4.84 Å². The highest BCUT2D eigenvalue weighted by atomic mass is 16.6. The normalized spacial score (nSPS) is 10.5. The Morgan fingerprint density at radius 3 is 1.92 bits per heavy atom. The van der Waals surface area contributed by atoms with E-state index in [9.17, 15) is 0 Å². The van der Waals surface area contributed by atoms with Crippen LogP contribution in [0.1, 0.15) is 41.5 Å². The van der Waals surface area contributed by atoms with Crippen LogP contribution in [0.2, 0.25) is 0 Å². The number of rotatable bonds is 4. The lowest BCUT2D eigenvalue weighted by atomic mass is 10.1. The number of nitrogens with two attached hydrogens (primary N) is 1. The Labute approximate surface area is 81.9 Å². The van der Waals surface area contributed by atoms with E-state index in [2.05, 4.69) is 11.4 Å². The molecule has 0 aliphatic rings. The lowest BCUT2D eigenvalue weighted by molar-refractivity contribution is -0.0427. The van der Waals surface area contributed by atoms with Gasteiger partial charge in [0.05, 0.1) is 6.10 Å². The molecule has 0 radical (unpaired) electrons. The molecule has 3 heteroatoms. The van der Waals surface area contributed by atoms with Crippen molar-refractivity contribution < 1.29 is 9.57 Å². The van der Waals surface area contributed by atoms with Gasteiger partial charge in [-0.1, -0.05) is 20.4 Å². The summed E-state index contributed by atoms with van der Waals surface area (Å²) in [6.45, 7) is 15.2. The molecular weight excluding hydrogens is 166 g/mol. The molecule has 0 aromatic rings. The Morgan fingerprint density at radius 1 is 1.31 bits per heavy atom. The molecule has 0 bridgehead atoms. The average Bonchev–Trinajstić information content (AvgIpc) is 2.07. The fourth-order valence-electron chi connectivity index (χ4n) is 0.492. The lowest BCUT2D eigenvalue weighted by Crippen LogP contribution is -2.32. The molecule has 0 heterocycles. The van der Waals surface area contributed by atoms with E-state index in [1.807, 2.05) is 27.7 Å². The Morgan fingerprint density at radius 2 is 1.69 bits per heavy atom. The van der Waals surface area contributed by atoms with Gasteiger partial charge in [0.25, 0.3) is 0 Å². The summed E-state index contributed by atoms with van der Waals surface area (Å²) in [5, 5.41) is 0. The molecule has 0 aromatic heterocycles. The minimum atomic E-state index is -0.607. The lowest BCUT2D eigenvalue weighted by Gasteiger charge is -2.25. The molecule has 0 amide bonds. The summed E-state index contributed by atoms with van der Waals surface area (Å²) in [5.41, 5.74) is -0.607. The average molecular weight is 189 g/mol. The molecule has 2 N–H and O–H groups in total. The summed E-state index contributed by atoms with van der Waals surface area (Å²) >= 11 is 0. The zero-order chi connectivity index (χ0) is 11.1. The van der Waals surface area contributed by atoms with Crippen LogP contribution in [0.5, 0.6) is 0 Å². The summed E-state index contributed by atoms with van der Waals surface area (Å²) < 4.78 is 5.31. The van der Waals surface area contributed by atoms with Gasteiger partial charge in [0, 0.05) is 0 Å². The topological polar surface area (TPSA) is 44.5 Å². The second-order valence-electron chi connectivity index (χ2n) is 3.22. The standard InChI is InChI=1S/C8H17NO2.C2H6/c1-6(2)10-7(3)8(4,5)11-9;1-2/h6H,3,9H2,1-2,4-5H3;1-2H3. The van der Waals surface area contributed by atoms with Gasteiger partial charge in [-0.05, 0) is 27.7 Å². The Hall–Kier alpha value is -0.540. The third-order valence-corrected chi connectivity index (χ3v) is 1.34.